The van der Waals surface area contributed by atoms with Gasteiger partial charge in [-0.2, -0.15) is 0 Å². The maximum absolute atomic E-state index is 12.3. The number of Topliss-reactive ketones (excluding diaryl/α,β-unsaturated/α-hetero) is 1. The zero-order chi connectivity index (χ0) is 21.0. The van der Waals surface area contributed by atoms with Crippen LogP contribution in [0.4, 0.5) is 0 Å². The quantitative estimate of drug-likeness (QED) is 0.538. The van der Waals surface area contributed by atoms with Crippen LogP contribution in [-0.4, -0.2) is 67.1 Å². The molecule has 0 spiro atoms. The number of likely N-dealkylation sites (tertiary alicyclic amines) is 2. The second kappa shape index (κ2) is 9.69. The van der Waals surface area contributed by atoms with Crippen LogP contribution >= 0.6 is 0 Å². The number of benzene rings is 1. The molecule has 0 N–H and O–H groups in total. The molecule has 1 saturated carbocycles. The van der Waals surface area contributed by atoms with Gasteiger partial charge in [-0.05, 0) is 82.7 Å². The van der Waals surface area contributed by atoms with E-state index in [1.54, 1.807) is 0 Å². The second-order valence-electron chi connectivity index (χ2n) is 9.78. The molecule has 3 fully saturated rings. The van der Waals surface area contributed by atoms with E-state index in [0.29, 0.717) is 12.3 Å². The lowest BCUT2D eigenvalue weighted by molar-refractivity contribution is -0.125. The molecule has 0 radical (unpaired) electrons. The van der Waals surface area contributed by atoms with E-state index in [1.165, 1.54) is 19.4 Å². The number of carbonyl (C=O) groups is 1. The number of rotatable bonds is 10. The molecule has 0 amide bonds. The van der Waals surface area contributed by atoms with E-state index in [4.69, 9.17) is 9.47 Å². The van der Waals surface area contributed by atoms with Crippen LogP contribution in [0.2, 0.25) is 0 Å². The summed E-state index contributed by atoms with van der Waals surface area (Å²) >= 11 is 0. The second-order valence-corrected chi connectivity index (χ2v) is 9.78. The maximum atomic E-state index is 12.3. The lowest BCUT2D eigenvalue weighted by atomic mass is 10.0. The van der Waals surface area contributed by atoms with Crippen LogP contribution in [0.5, 0.6) is 11.5 Å². The summed E-state index contributed by atoms with van der Waals surface area (Å²) in [4.78, 5) is 17.1. The van der Waals surface area contributed by atoms with E-state index >= 15 is 0 Å². The van der Waals surface area contributed by atoms with Crippen molar-refractivity contribution in [2.45, 2.75) is 70.9 Å². The predicted octanol–water partition coefficient (Wildman–Crippen LogP) is 4.15. The monoisotopic (exact) mass is 414 g/mol. The summed E-state index contributed by atoms with van der Waals surface area (Å²) in [5.74, 6) is 2.25. The first-order valence-electron chi connectivity index (χ1n) is 11.9. The Hall–Kier alpha value is -1.59. The number of piperidine rings is 1. The van der Waals surface area contributed by atoms with Crippen molar-refractivity contribution in [3.8, 4) is 11.5 Å². The minimum atomic E-state index is -0.0102. The standard InChI is InChI=1S/C25H38N2O3/c1-20-5-3-14-27(20)15-4-18-29-21-6-8-22(9-7-21)30-23-10-16-26(17-11-23)19-24(28)25(2)12-13-25/h6-9,20,23H,3-5,10-19H2,1-2H3/t20-/m1/s1. The van der Waals surface area contributed by atoms with Gasteiger partial charge in [-0.15, -0.1) is 0 Å². The molecule has 166 valence electrons. The molecule has 30 heavy (non-hydrogen) atoms. The lowest BCUT2D eigenvalue weighted by Gasteiger charge is -2.32. The molecular formula is C25H38N2O3. The largest absolute Gasteiger partial charge is 0.494 e. The average molecular weight is 415 g/mol. The van der Waals surface area contributed by atoms with Gasteiger partial charge < -0.3 is 14.4 Å². The molecule has 1 aromatic rings. The highest BCUT2D eigenvalue weighted by molar-refractivity contribution is 5.88. The van der Waals surface area contributed by atoms with Crippen LogP contribution in [0, 0.1) is 5.41 Å². The Kier molecular flexibility index (Phi) is 6.99. The van der Waals surface area contributed by atoms with Gasteiger partial charge in [0.05, 0.1) is 13.2 Å². The topological polar surface area (TPSA) is 42.0 Å². The Balaban J connectivity index is 1.12. The molecule has 4 rings (SSSR count). The van der Waals surface area contributed by atoms with E-state index in [2.05, 4.69) is 23.6 Å². The van der Waals surface area contributed by atoms with Crippen molar-refractivity contribution < 1.29 is 14.3 Å². The molecule has 0 bridgehead atoms. The van der Waals surface area contributed by atoms with E-state index in [9.17, 15) is 4.79 Å². The lowest BCUT2D eigenvalue weighted by Crippen LogP contribution is -2.42. The SMILES string of the molecule is C[C@@H]1CCCN1CCCOc1ccc(OC2CCN(CC(=O)C3(C)CC3)CC2)cc1. The third kappa shape index (κ3) is 5.76. The molecule has 1 aliphatic carbocycles. The number of nitrogens with zero attached hydrogens (tertiary/aromatic N) is 2. The van der Waals surface area contributed by atoms with E-state index in [-0.39, 0.29) is 11.5 Å². The zero-order valence-electron chi connectivity index (χ0n) is 18.8. The van der Waals surface area contributed by atoms with Gasteiger partial charge in [0.15, 0.2) is 5.78 Å². The Morgan fingerprint density at radius 1 is 1.07 bits per heavy atom. The van der Waals surface area contributed by atoms with Crippen molar-refractivity contribution in [3.05, 3.63) is 24.3 Å². The predicted molar refractivity (Wildman–Crippen MR) is 119 cm³/mol. The summed E-state index contributed by atoms with van der Waals surface area (Å²) < 4.78 is 12.1. The van der Waals surface area contributed by atoms with E-state index < -0.39 is 0 Å². The molecule has 0 unspecified atom stereocenters. The van der Waals surface area contributed by atoms with Gasteiger partial charge in [-0.25, -0.2) is 0 Å². The molecule has 1 atom stereocenters. The van der Waals surface area contributed by atoms with E-state index in [0.717, 1.165) is 75.9 Å². The third-order valence-corrected chi connectivity index (χ3v) is 7.25. The van der Waals surface area contributed by atoms with Gasteiger partial charge in [-0.1, -0.05) is 6.92 Å². The molecule has 3 aliphatic rings. The van der Waals surface area contributed by atoms with Crippen LogP contribution in [0.3, 0.4) is 0 Å². The van der Waals surface area contributed by atoms with Crippen LogP contribution < -0.4 is 9.47 Å². The smallest absolute Gasteiger partial charge is 0.152 e. The molecule has 2 heterocycles. The van der Waals surface area contributed by atoms with Gasteiger partial charge in [0.2, 0.25) is 0 Å². The Morgan fingerprint density at radius 2 is 1.77 bits per heavy atom. The minimum Gasteiger partial charge on any atom is -0.494 e. The Labute approximate surface area is 181 Å². The highest BCUT2D eigenvalue weighted by atomic mass is 16.5. The van der Waals surface area contributed by atoms with Crippen LogP contribution in [-0.2, 0) is 4.79 Å². The summed E-state index contributed by atoms with van der Waals surface area (Å²) in [6.07, 6.45) is 8.09. The first-order chi connectivity index (χ1) is 14.5. The Morgan fingerprint density at radius 3 is 2.40 bits per heavy atom. The highest BCUT2D eigenvalue weighted by Gasteiger charge is 2.44. The summed E-state index contributed by atoms with van der Waals surface area (Å²) in [5.41, 5.74) is -0.0102. The number of hydrogen-bond acceptors (Lipinski definition) is 5. The fourth-order valence-electron chi connectivity index (χ4n) is 4.64. The minimum absolute atomic E-state index is 0.0102. The molecular weight excluding hydrogens is 376 g/mol. The van der Waals surface area contributed by atoms with Crippen molar-refractivity contribution in [2.24, 2.45) is 5.41 Å². The van der Waals surface area contributed by atoms with Crippen LogP contribution in [0.1, 0.15) is 58.8 Å². The Bertz CT molecular complexity index is 693. The summed E-state index contributed by atoms with van der Waals surface area (Å²) in [6, 6.07) is 8.79. The van der Waals surface area contributed by atoms with Crippen molar-refractivity contribution >= 4 is 5.78 Å². The molecule has 2 saturated heterocycles. The number of hydrogen-bond donors (Lipinski definition) is 0. The first kappa shape index (κ1) is 21.6. The summed E-state index contributed by atoms with van der Waals surface area (Å²) in [7, 11) is 0. The summed E-state index contributed by atoms with van der Waals surface area (Å²) in [6.45, 7) is 10.1. The van der Waals surface area contributed by atoms with Gasteiger partial charge in [-0.3, -0.25) is 9.69 Å². The molecule has 2 aliphatic heterocycles. The normalized spacial score (nSPS) is 24.7. The average Bonchev–Trinajstić information content (AvgIpc) is 3.38. The molecule has 1 aromatic carbocycles. The molecule has 5 heteroatoms. The first-order valence-corrected chi connectivity index (χ1v) is 11.9. The number of ether oxygens (including phenoxy) is 2. The number of carbonyl (C=O) groups excluding carboxylic acids is 1. The van der Waals surface area contributed by atoms with E-state index in [1.807, 2.05) is 24.3 Å². The zero-order valence-corrected chi connectivity index (χ0v) is 18.8. The van der Waals surface area contributed by atoms with Crippen LogP contribution in [0.15, 0.2) is 24.3 Å². The van der Waals surface area contributed by atoms with Crippen LogP contribution in [0.25, 0.3) is 0 Å². The fourth-order valence-corrected chi connectivity index (χ4v) is 4.64. The molecule has 5 nitrogen and oxygen atoms in total. The van der Waals surface area contributed by atoms with Gasteiger partial charge >= 0.3 is 0 Å². The number of ketones is 1. The van der Waals surface area contributed by atoms with Crippen molar-refractivity contribution in [3.63, 3.8) is 0 Å². The van der Waals surface area contributed by atoms with Crippen molar-refractivity contribution in [1.29, 1.82) is 0 Å². The highest BCUT2D eigenvalue weighted by Crippen LogP contribution is 2.45. The van der Waals surface area contributed by atoms with Gasteiger partial charge in [0.25, 0.3) is 0 Å². The fraction of sp³-hybridized carbons (Fsp3) is 0.720. The third-order valence-electron chi connectivity index (χ3n) is 7.25. The van der Waals surface area contributed by atoms with Crippen molar-refractivity contribution in [2.75, 3.05) is 39.3 Å². The maximum Gasteiger partial charge on any atom is 0.152 e. The van der Waals surface area contributed by atoms with Crippen molar-refractivity contribution in [1.82, 2.24) is 9.80 Å². The molecule has 0 aromatic heterocycles. The summed E-state index contributed by atoms with van der Waals surface area (Å²) in [5, 5.41) is 0. The van der Waals surface area contributed by atoms with Gasteiger partial charge in [0, 0.05) is 31.1 Å². The van der Waals surface area contributed by atoms with Gasteiger partial charge in [0.1, 0.15) is 17.6 Å².